The molecule has 5 nitrogen and oxygen atoms in total. The maximum atomic E-state index is 11.9. The molecule has 1 heterocycles. The molecule has 1 saturated heterocycles. The van der Waals surface area contributed by atoms with Gasteiger partial charge in [-0.15, -0.1) is 0 Å². The Morgan fingerprint density at radius 1 is 1.05 bits per heavy atom. The summed E-state index contributed by atoms with van der Waals surface area (Å²) in [5.41, 5.74) is 1.38. The van der Waals surface area contributed by atoms with E-state index in [-0.39, 0.29) is 17.4 Å². The van der Waals surface area contributed by atoms with Crippen LogP contribution in [0.25, 0.3) is 6.08 Å². The highest BCUT2D eigenvalue weighted by Crippen LogP contribution is 2.30. The summed E-state index contributed by atoms with van der Waals surface area (Å²) in [7, 11) is 0. The van der Waals surface area contributed by atoms with Crippen molar-refractivity contribution in [1.29, 1.82) is 0 Å². The lowest BCUT2D eigenvalue weighted by Gasteiger charge is -1.99. The summed E-state index contributed by atoms with van der Waals surface area (Å²) in [6.45, 7) is 0. The molecule has 2 aromatic carbocycles. The number of aliphatic imine (C=N–C) groups is 1. The first-order chi connectivity index (χ1) is 10.6. The van der Waals surface area contributed by atoms with E-state index in [0.29, 0.717) is 15.6 Å². The second-order valence-corrected chi connectivity index (χ2v) is 5.60. The highest BCUT2D eigenvalue weighted by molar-refractivity contribution is 8.18. The van der Waals surface area contributed by atoms with Gasteiger partial charge >= 0.3 is 0 Å². The third kappa shape index (κ3) is 3.12. The number of hydrogen-bond acceptors (Lipinski definition) is 5. The molecule has 0 atom stereocenters. The number of amides is 1. The maximum Gasteiger partial charge on any atom is 0.264 e. The van der Waals surface area contributed by atoms with E-state index in [1.165, 1.54) is 23.9 Å². The van der Waals surface area contributed by atoms with Crippen LogP contribution in [0.2, 0.25) is 0 Å². The van der Waals surface area contributed by atoms with Gasteiger partial charge in [-0.2, -0.15) is 0 Å². The number of nitrogens with one attached hydrogen (secondary N) is 1. The topological polar surface area (TPSA) is 81.9 Å². The lowest BCUT2D eigenvalue weighted by molar-refractivity contribution is -0.115. The smallest absolute Gasteiger partial charge is 0.264 e. The molecular formula is C16H12N2O3S. The van der Waals surface area contributed by atoms with E-state index in [1.807, 2.05) is 30.3 Å². The zero-order chi connectivity index (χ0) is 15.5. The number of rotatable bonds is 2. The minimum absolute atomic E-state index is 0.197. The first kappa shape index (κ1) is 14.2. The van der Waals surface area contributed by atoms with Gasteiger partial charge in [0, 0.05) is 0 Å². The third-order valence-corrected chi connectivity index (χ3v) is 3.84. The van der Waals surface area contributed by atoms with Gasteiger partial charge in [0.05, 0.1) is 10.6 Å². The lowest BCUT2D eigenvalue weighted by Crippen LogP contribution is -2.19. The Labute approximate surface area is 131 Å². The number of phenolic OH excluding ortho intramolecular Hbond substituents is 2. The number of thioether (sulfide) groups is 1. The minimum atomic E-state index is -0.243. The number of hydrogen-bond donors (Lipinski definition) is 3. The molecule has 1 aliphatic rings. The first-order valence-electron chi connectivity index (χ1n) is 6.48. The predicted molar refractivity (Wildman–Crippen MR) is 87.0 cm³/mol. The van der Waals surface area contributed by atoms with Gasteiger partial charge in [-0.25, -0.2) is 4.99 Å². The molecule has 3 N–H and O–H groups in total. The largest absolute Gasteiger partial charge is 0.504 e. The van der Waals surface area contributed by atoms with E-state index in [1.54, 1.807) is 12.1 Å². The van der Waals surface area contributed by atoms with Crippen LogP contribution in [0.15, 0.2) is 58.4 Å². The van der Waals surface area contributed by atoms with E-state index < -0.39 is 0 Å². The van der Waals surface area contributed by atoms with E-state index in [2.05, 4.69) is 10.3 Å². The maximum absolute atomic E-state index is 11.9. The second-order valence-electron chi connectivity index (χ2n) is 4.57. The molecule has 0 unspecified atom stereocenters. The van der Waals surface area contributed by atoms with Gasteiger partial charge in [0.15, 0.2) is 16.7 Å². The van der Waals surface area contributed by atoms with Crippen LogP contribution in [0, 0.1) is 0 Å². The highest BCUT2D eigenvalue weighted by Gasteiger charge is 2.23. The van der Waals surface area contributed by atoms with E-state index in [0.717, 1.165) is 5.69 Å². The Hall–Kier alpha value is -2.73. The zero-order valence-electron chi connectivity index (χ0n) is 11.4. The molecule has 1 aliphatic heterocycles. The van der Waals surface area contributed by atoms with Gasteiger partial charge in [-0.1, -0.05) is 24.3 Å². The molecule has 110 valence electrons. The van der Waals surface area contributed by atoms with Gasteiger partial charge in [-0.3, -0.25) is 4.79 Å². The number of carbonyl (C=O) groups excluding carboxylic acids is 1. The van der Waals surface area contributed by atoms with Crippen molar-refractivity contribution in [2.45, 2.75) is 0 Å². The van der Waals surface area contributed by atoms with Crippen LogP contribution in [0.4, 0.5) is 5.69 Å². The average molecular weight is 312 g/mol. The van der Waals surface area contributed by atoms with Crippen molar-refractivity contribution >= 4 is 34.6 Å². The van der Waals surface area contributed by atoms with Crippen LogP contribution in [0.1, 0.15) is 5.56 Å². The molecule has 1 amide bonds. The zero-order valence-corrected chi connectivity index (χ0v) is 12.2. The van der Waals surface area contributed by atoms with Crippen molar-refractivity contribution in [1.82, 2.24) is 5.32 Å². The molecule has 0 spiro atoms. The van der Waals surface area contributed by atoms with Crippen molar-refractivity contribution in [3.05, 3.63) is 59.0 Å². The Balaban J connectivity index is 1.84. The van der Waals surface area contributed by atoms with Crippen LogP contribution >= 0.6 is 11.8 Å². The molecule has 22 heavy (non-hydrogen) atoms. The number of aromatic hydroxyl groups is 2. The number of carbonyl (C=O) groups is 1. The number of para-hydroxylation sites is 1. The van der Waals surface area contributed by atoms with Crippen LogP contribution in [0.3, 0.4) is 0 Å². The number of benzene rings is 2. The van der Waals surface area contributed by atoms with Crippen LogP contribution < -0.4 is 5.32 Å². The molecule has 0 saturated carbocycles. The van der Waals surface area contributed by atoms with Crippen molar-refractivity contribution in [2.24, 2.45) is 4.99 Å². The molecular weight excluding hydrogens is 300 g/mol. The third-order valence-electron chi connectivity index (χ3n) is 2.93. The highest BCUT2D eigenvalue weighted by atomic mass is 32.2. The molecule has 0 radical (unpaired) electrons. The lowest BCUT2D eigenvalue weighted by atomic mass is 10.2. The molecule has 0 aliphatic carbocycles. The van der Waals surface area contributed by atoms with E-state index >= 15 is 0 Å². The minimum Gasteiger partial charge on any atom is -0.504 e. The van der Waals surface area contributed by atoms with Crippen molar-refractivity contribution in [3.8, 4) is 11.5 Å². The van der Waals surface area contributed by atoms with Gasteiger partial charge in [0.1, 0.15) is 0 Å². The normalized spacial score (nSPS) is 17.9. The SMILES string of the molecule is O=C1NC(=Nc2ccccc2)S/C1=C/c1ccc(O)c(O)c1. The fraction of sp³-hybridized carbons (Fsp3) is 0. The summed E-state index contributed by atoms with van der Waals surface area (Å²) in [4.78, 5) is 16.8. The standard InChI is InChI=1S/C16H12N2O3S/c19-12-7-6-10(8-13(12)20)9-14-15(21)18-16(22-14)17-11-4-2-1-3-5-11/h1-9,19-20H,(H,17,18,21)/b14-9+. The summed E-state index contributed by atoms with van der Waals surface area (Å²) in [6.07, 6.45) is 1.63. The van der Waals surface area contributed by atoms with Gasteiger partial charge in [0.2, 0.25) is 0 Å². The summed E-state index contributed by atoms with van der Waals surface area (Å²) in [5.74, 6) is -0.666. The van der Waals surface area contributed by atoms with E-state index in [4.69, 9.17) is 0 Å². The molecule has 1 fully saturated rings. The van der Waals surface area contributed by atoms with Gasteiger partial charge in [0.25, 0.3) is 5.91 Å². The Kier molecular flexibility index (Phi) is 3.84. The van der Waals surface area contributed by atoms with E-state index in [9.17, 15) is 15.0 Å². The monoisotopic (exact) mass is 312 g/mol. The summed E-state index contributed by atoms with van der Waals surface area (Å²) in [6, 6.07) is 13.7. The van der Waals surface area contributed by atoms with Gasteiger partial charge < -0.3 is 15.5 Å². The molecule has 0 bridgehead atoms. The number of nitrogens with zero attached hydrogens (tertiary/aromatic N) is 1. The first-order valence-corrected chi connectivity index (χ1v) is 7.30. The number of phenols is 2. The molecule has 0 aromatic heterocycles. The Bertz CT molecular complexity index is 785. The van der Waals surface area contributed by atoms with Crippen LogP contribution in [0.5, 0.6) is 11.5 Å². The fourth-order valence-electron chi connectivity index (χ4n) is 1.88. The molecule has 3 rings (SSSR count). The van der Waals surface area contributed by atoms with Crippen molar-refractivity contribution < 1.29 is 15.0 Å². The second kappa shape index (κ2) is 5.95. The van der Waals surface area contributed by atoms with Crippen LogP contribution in [-0.4, -0.2) is 21.3 Å². The Morgan fingerprint density at radius 2 is 1.82 bits per heavy atom. The quantitative estimate of drug-likeness (QED) is 0.588. The van der Waals surface area contributed by atoms with Crippen molar-refractivity contribution in [2.75, 3.05) is 0 Å². The average Bonchev–Trinajstić information content (AvgIpc) is 2.84. The Morgan fingerprint density at radius 3 is 2.55 bits per heavy atom. The van der Waals surface area contributed by atoms with Crippen molar-refractivity contribution in [3.63, 3.8) is 0 Å². The fourth-order valence-corrected chi connectivity index (χ4v) is 2.72. The summed E-state index contributed by atoms with van der Waals surface area (Å²) in [5, 5.41) is 22.0. The number of amidine groups is 1. The summed E-state index contributed by atoms with van der Waals surface area (Å²) >= 11 is 1.22. The van der Waals surface area contributed by atoms with Gasteiger partial charge in [-0.05, 0) is 47.7 Å². The molecule has 2 aromatic rings. The predicted octanol–water partition coefficient (Wildman–Crippen LogP) is 2.99. The molecule has 6 heteroatoms. The van der Waals surface area contributed by atoms with Crippen LogP contribution in [-0.2, 0) is 4.79 Å². The summed E-state index contributed by atoms with van der Waals surface area (Å²) < 4.78 is 0.